The third kappa shape index (κ3) is 3.77. The van der Waals surface area contributed by atoms with E-state index in [1.807, 2.05) is 25.3 Å². The van der Waals surface area contributed by atoms with Crippen molar-refractivity contribution in [3.8, 4) is 0 Å². The highest BCUT2D eigenvalue weighted by molar-refractivity contribution is 7.10. The molecular weight excluding hydrogens is 244 g/mol. The van der Waals surface area contributed by atoms with Crippen molar-refractivity contribution >= 4 is 28.8 Å². The van der Waals surface area contributed by atoms with E-state index in [0.717, 1.165) is 4.88 Å². The molecule has 1 aromatic rings. The third-order valence-electron chi connectivity index (χ3n) is 2.41. The van der Waals surface area contributed by atoms with Crippen LogP contribution < -0.4 is 11.5 Å². The van der Waals surface area contributed by atoms with Gasteiger partial charge in [-0.1, -0.05) is 25.4 Å². The average Bonchev–Trinajstić information content (AvgIpc) is 2.47. The van der Waals surface area contributed by atoms with E-state index in [0.29, 0.717) is 17.9 Å². The molecule has 0 radical (unpaired) electrons. The summed E-state index contributed by atoms with van der Waals surface area (Å²) >= 11 is 7.55. The second-order valence-electron chi connectivity index (χ2n) is 4.75. The first-order chi connectivity index (χ1) is 7.32. The number of halogens is 1. The van der Waals surface area contributed by atoms with Crippen molar-refractivity contribution in [2.24, 2.45) is 16.9 Å². The SMILES string of the molecule is CC(C)(CC(N)=O)CC(N)c1sccc1Cl. The number of primary amides is 1. The molecule has 1 aromatic heterocycles. The Bertz CT molecular complexity index is 376. The zero-order valence-corrected chi connectivity index (χ0v) is 11.1. The Morgan fingerprint density at radius 2 is 2.25 bits per heavy atom. The molecule has 16 heavy (non-hydrogen) atoms. The second kappa shape index (κ2) is 5.17. The maximum atomic E-state index is 10.9. The molecule has 1 unspecified atom stereocenters. The van der Waals surface area contributed by atoms with Crippen LogP contribution in [0.15, 0.2) is 11.4 Å². The minimum atomic E-state index is -0.297. The van der Waals surface area contributed by atoms with Crippen molar-refractivity contribution in [1.29, 1.82) is 0 Å². The van der Waals surface area contributed by atoms with E-state index < -0.39 is 0 Å². The molecule has 0 aromatic carbocycles. The van der Waals surface area contributed by atoms with Crippen LogP contribution in [0.1, 0.15) is 37.6 Å². The molecule has 90 valence electrons. The molecule has 0 bridgehead atoms. The molecule has 0 aliphatic rings. The van der Waals surface area contributed by atoms with Gasteiger partial charge in [-0.25, -0.2) is 0 Å². The molecule has 1 atom stereocenters. The smallest absolute Gasteiger partial charge is 0.217 e. The van der Waals surface area contributed by atoms with Gasteiger partial charge in [0, 0.05) is 17.3 Å². The zero-order valence-electron chi connectivity index (χ0n) is 9.50. The molecule has 0 saturated carbocycles. The molecule has 1 rings (SSSR count). The van der Waals surface area contributed by atoms with Gasteiger partial charge in [-0.15, -0.1) is 11.3 Å². The predicted octanol–water partition coefficient (Wildman–Crippen LogP) is 2.69. The van der Waals surface area contributed by atoms with Crippen molar-refractivity contribution in [3.63, 3.8) is 0 Å². The van der Waals surface area contributed by atoms with Crippen molar-refractivity contribution in [1.82, 2.24) is 0 Å². The summed E-state index contributed by atoms with van der Waals surface area (Å²) in [7, 11) is 0. The van der Waals surface area contributed by atoms with E-state index in [-0.39, 0.29) is 17.4 Å². The molecule has 1 heterocycles. The number of hydrogen-bond donors (Lipinski definition) is 2. The fourth-order valence-corrected chi connectivity index (χ4v) is 3.00. The lowest BCUT2D eigenvalue weighted by molar-refractivity contribution is -0.120. The number of amides is 1. The van der Waals surface area contributed by atoms with Gasteiger partial charge in [-0.2, -0.15) is 0 Å². The Labute approximate surface area is 105 Å². The maximum absolute atomic E-state index is 10.9. The summed E-state index contributed by atoms with van der Waals surface area (Å²) in [5, 5.41) is 2.62. The quantitative estimate of drug-likeness (QED) is 0.855. The molecule has 1 amide bonds. The summed E-state index contributed by atoms with van der Waals surface area (Å²) in [6.07, 6.45) is 1.03. The summed E-state index contributed by atoms with van der Waals surface area (Å²) in [6, 6.07) is 1.70. The summed E-state index contributed by atoms with van der Waals surface area (Å²) in [5.41, 5.74) is 11.1. The normalized spacial score (nSPS) is 13.8. The molecule has 0 spiro atoms. The summed E-state index contributed by atoms with van der Waals surface area (Å²) < 4.78 is 0. The lowest BCUT2D eigenvalue weighted by Crippen LogP contribution is -2.26. The van der Waals surface area contributed by atoms with Gasteiger partial charge < -0.3 is 11.5 Å². The molecule has 0 aliphatic heterocycles. The number of rotatable bonds is 5. The largest absolute Gasteiger partial charge is 0.370 e. The van der Waals surface area contributed by atoms with Gasteiger partial charge in [-0.3, -0.25) is 4.79 Å². The van der Waals surface area contributed by atoms with Gasteiger partial charge in [0.05, 0.1) is 5.02 Å². The van der Waals surface area contributed by atoms with Crippen molar-refractivity contribution in [3.05, 3.63) is 21.3 Å². The van der Waals surface area contributed by atoms with Gasteiger partial charge in [0.15, 0.2) is 0 Å². The highest BCUT2D eigenvalue weighted by Gasteiger charge is 2.25. The summed E-state index contributed by atoms with van der Waals surface area (Å²) in [4.78, 5) is 11.9. The standard InChI is InChI=1S/C11H17ClN2OS/c1-11(2,6-9(14)15)5-8(13)10-7(12)3-4-16-10/h3-4,8H,5-6,13H2,1-2H3,(H2,14,15). The van der Waals surface area contributed by atoms with Crippen molar-refractivity contribution in [2.45, 2.75) is 32.7 Å². The van der Waals surface area contributed by atoms with E-state index >= 15 is 0 Å². The van der Waals surface area contributed by atoms with Crippen LogP contribution in [-0.4, -0.2) is 5.91 Å². The molecule has 5 heteroatoms. The number of carbonyl (C=O) groups excluding carboxylic acids is 1. The van der Waals surface area contributed by atoms with Gasteiger partial charge in [0.1, 0.15) is 0 Å². The highest BCUT2D eigenvalue weighted by Crippen LogP contribution is 2.36. The van der Waals surface area contributed by atoms with Gasteiger partial charge in [0.25, 0.3) is 0 Å². The lowest BCUT2D eigenvalue weighted by atomic mass is 9.82. The Morgan fingerprint density at radius 3 is 2.69 bits per heavy atom. The Kier molecular flexibility index (Phi) is 4.35. The second-order valence-corrected chi connectivity index (χ2v) is 6.11. The van der Waals surface area contributed by atoms with Crippen LogP contribution in [0.25, 0.3) is 0 Å². The Hall–Kier alpha value is -0.580. The van der Waals surface area contributed by atoms with E-state index in [9.17, 15) is 4.79 Å². The number of nitrogens with two attached hydrogens (primary N) is 2. The fourth-order valence-electron chi connectivity index (χ4n) is 1.80. The fraction of sp³-hybridized carbons (Fsp3) is 0.545. The van der Waals surface area contributed by atoms with E-state index in [1.165, 1.54) is 0 Å². The summed E-state index contributed by atoms with van der Waals surface area (Å²) in [5.74, 6) is -0.297. The molecular formula is C11H17ClN2OS. The molecule has 3 nitrogen and oxygen atoms in total. The van der Waals surface area contributed by atoms with Crippen LogP contribution in [0.3, 0.4) is 0 Å². The first-order valence-electron chi connectivity index (χ1n) is 5.08. The van der Waals surface area contributed by atoms with Gasteiger partial charge in [-0.05, 0) is 23.3 Å². The van der Waals surface area contributed by atoms with Crippen LogP contribution in [-0.2, 0) is 4.79 Å². The maximum Gasteiger partial charge on any atom is 0.217 e. The number of carbonyl (C=O) groups is 1. The first kappa shape index (κ1) is 13.5. The van der Waals surface area contributed by atoms with Crippen LogP contribution in [0.5, 0.6) is 0 Å². The van der Waals surface area contributed by atoms with Gasteiger partial charge in [0.2, 0.25) is 5.91 Å². The zero-order chi connectivity index (χ0) is 12.3. The number of hydrogen-bond acceptors (Lipinski definition) is 3. The number of thiophene rings is 1. The van der Waals surface area contributed by atoms with Gasteiger partial charge >= 0.3 is 0 Å². The van der Waals surface area contributed by atoms with Crippen molar-refractivity contribution in [2.75, 3.05) is 0 Å². The third-order valence-corrected chi connectivity index (χ3v) is 3.90. The lowest BCUT2D eigenvalue weighted by Gasteiger charge is -2.26. The monoisotopic (exact) mass is 260 g/mol. The highest BCUT2D eigenvalue weighted by atomic mass is 35.5. The topological polar surface area (TPSA) is 69.1 Å². The van der Waals surface area contributed by atoms with Crippen LogP contribution in [0.2, 0.25) is 5.02 Å². The predicted molar refractivity (Wildman–Crippen MR) is 68.5 cm³/mol. The van der Waals surface area contributed by atoms with Crippen LogP contribution >= 0.6 is 22.9 Å². The van der Waals surface area contributed by atoms with Crippen LogP contribution in [0.4, 0.5) is 0 Å². The molecule has 0 aliphatic carbocycles. The Morgan fingerprint density at radius 1 is 1.62 bits per heavy atom. The average molecular weight is 261 g/mol. The summed E-state index contributed by atoms with van der Waals surface area (Å²) in [6.45, 7) is 3.97. The van der Waals surface area contributed by atoms with Crippen LogP contribution in [0, 0.1) is 5.41 Å². The molecule has 4 N–H and O–H groups in total. The Balaban J connectivity index is 2.67. The minimum Gasteiger partial charge on any atom is -0.370 e. The molecule has 0 saturated heterocycles. The molecule has 0 fully saturated rings. The minimum absolute atomic E-state index is 0.137. The first-order valence-corrected chi connectivity index (χ1v) is 6.34. The van der Waals surface area contributed by atoms with E-state index in [2.05, 4.69) is 0 Å². The van der Waals surface area contributed by atoms with E-state index in [4.69, 9.17) is 23.1 Å². The van der Waals surface area contributed by atoms with Crippen molar-refractivity contribution < 1.29 is 4.79 Å². The van der Waals surface area contributed by atoms with E-state index in [1.54, 1.807) is 11.3 Å².